The number of rotatable bonds is 10. The third-order valence-corrected chi connectivity index (χ3v) is 3.03. The summed E-state index contributed by atoms with van der Waals surface area (Å²) >= 11 is 1.50. The molecule has 6 nitrogen and oxygen atoms in total. The minimum Gasteiger partial charge on any atom is -0.463 e. The lowest BCUT2D eigenvalue weighted by Crippen LogP contribution is -2.09. The van der Waals surface area contributed by atoms with Crippen molar-refractivity contribution in [2.75, 3.05) is 30.8 Å². The standard InChI is InChI=1S/C12H22N4O2S/c1-3-6-13-10-14-11(18-8-4-2)16-12(15-10)19-9-5-7-17/h17H,3-9H2,1-2H3,(H,13,14,15,16). The van der Waals surface area contributed by atoms with E-state index in [4.69, 9.17) is 9.84 Å². The molecule has 1 heterocycles. The second kappa shape index (κ2) is 9.80. The molecule has 2 N–H and O–H groups in total. The summed E-state index contributed by atoms with van der Waals surface area (Å²) in [5.74, 6) is 1.33. The number of nitrogens with one attached hydrogen (secondary N) is 1. The Balaban J connectivity index is 2.70. The van der Waals surface area contributed by atoms with Gasteiger partial charge in [-0.05, 0) is 19.3 Å². The summed E-state index contributed by atoms with van der Waals surface area (Å²) in [5.41, 5.74) is 0. The minimum absolute atomic E-state index is 0.179. The summed E-state index contributed by atoms with van der Waals surface area (Å²) < 4.78 is 5.46. The number of thioether (sulfide) groups is 1. The number of aliphatic hydroxyl groups excluding tert-OH is 1. The van der Waals surface area contributed by atoms with Gasteiger partial charge in [-0.2, -0.15) is 15.0 Å². The summed E-state index contributed by atoms with van der Waals surface area (Å²) in [5, 5.41) is 12.6. The molecule has 0 radical (unpaired) electrons. The van der Waals surface area contributed by atoms with E-state index < -0.39 is 0 Å². The van der Waals surface area contributed by atoms with Gasteiger partial charge >= 0.3 is 6.01 Å². The molecular weight excluding hydrogens is 264 g/mol. The molecule has 0 aliphatic carbocycles. The van der Waals surface area contributed by atoms with Crippen molar-refractivity contribution >= 4 is 17.7 Å². The van der Waals surface area contributed by atoms with E-state index in [1.807, 2.05) is 6.92 Å². The zero-order valence-electron chi connectivity index (χ0n) is 11.6. The van der Waals surface area contributed by atoms with Gasteiger partial charge in [-0.3, -0.25) is 0 Å². The highest BCUT2D eigenvalue weighted by atomic mass is 32.2. The van der Waals surface area contributed by atoms with Crippen molar-refractivity contribution in [1.29, 1.82) is 0 Å². The van der Waals surface area contributed by atoms with Gasteiger partial charge in [0, 0.05) is 18.9 Å². The average molecular weight is 286 g/mol. The Bertz CT molecular complexity index is 339. The predicted octanol–water partition coefficient (Wildman–Crippen LogP) is 1.96. The van der Waals surface area contributed by atoms with Gasteiger partial charge in [-0.25, -0.2) is 0 Å². The highest BCUT2D eigenvalue weighted by Gasteiger charge is 2.07. The number of aromatic nitrogens is 3. The van der Waals surface area contributed by atoms with E-state index in [1.54, 1.807) is 0 Å². The summed E-state index contributed by atoms with van der Waals surface area (Å²) in [7, 11) is 0. The molecule has 0 aliphatic heterocycles. The quantitative estimate of drug-likeness (QED) is 0.502. The Hall–Kier alpha value is -1.08. The van der Waals surface area contributed by atoms with Gasteiger partial charge in [0.25, 0.3) is 0 Å². The number of ether oxygens (including phenoxy) is 1. The predicted molar refractivity (Wildman–Crippen MR) is 76.8 cm³/mol. The smallest absolute Gasteiger partial charge is 0.322 e. The van der Waals surface area contributed by atoms with Gasteiger partial charge < -0.3 is 15.2 Å². The van der Waals surface area contributed by atoms with Gasteiger partial charge in [0.15, 0.2) is 5.16 Å². The molecule has 1 rings (SSSR count). The van der Waals surface area contributed by atoms with Gasteiger partial charge in [0.2, 0.25) is 5.95 Å². The first-order chi connectivity index (χ1) is 9.30. The molecule has 0 unspecified atom stereocenters. The third kappa shape index (κ3) is 6.58. The SMILES string of the molecule is CCCNc1nc(OCCC)nc(SCCCO)n1. The summed E-state index contributed by atoms with van der Waals surface area (Å²) in [6.45, 7) is 5.71. The molecule has 0 aromatic carbocycles. The Morgan fingerprint density at radius 1 is 1.21 bits per heavy atom. The van der Waals surface area contributed by atoms with E-state index in [0.29, 0.717) is 23.7 Å². The van der Waals surface area contributed by atoms with Crippen molar-refractivity contribution in [1.82, 2.24) is 15.0 Å². The van der Waals surface area contributed by atoms with Gasteiger partial charge in [0.05, 0.1) is 6.61 Å². The van der Waals surface area contributed by atoms with Crippen LogP contribution in [0.15, 0.2) is 5.16 Å². The van der Waals surface area contributed by atoms with Crippen LogP contribution in [0.2, 0.25) is 0 Å². The van der Waals surface area contributed by atoms with Crippen LogP contribution in [0.25, 0.3) is 0 Å². The summed E-state index contributed by atoms with van der Waals surface area (Å²) in [6.07, 6.45) is 2.64. The van der Waals surface area contributed by atoms with Crippen LogP contribution in [0.5, 0.6) is 6.01 Å². The molecule has 7 heteroatoms. The third-order valence-electron chi connectivity index (χ3n) is 2.10. The van der Waals surface area contributed by atoms with Crippen LogP contribution in [0, 0.1) is 0 Å². The van der Waals surface area contributed by atoms with E-state index in [-0.39, 0.29) is 6.61 Å². The lowest BCUT2D eigenvalue weighted by molar-refractivity contribution is 0.288. The molecule has 0 amide bonds. The van der Waals surface area contributed by atoms with Crippen molar-refractivity contribution in [3.8, 4) is 6.01 Å². The zero-order chi connectivity index (χ0) is 13.9. The minimum atomic E-state index is 0.179. The maximum atomic E-state index is 8.78. The van der Waals surface area contributed by atoms with Crippen LogP contribution in [-0.2, 0) is 0 Å². The van der Waals surface area contributed by atoms with Crippen molar-refractivity contribution in [2.45, 2.75) is 38.3 Å². The molecule has 0 bridgehead atoms. The Kier molecular flexibility index (Phi) is 8.24. The largest absolute Gasteiger partial charge is 0.463 e. The van der Waals surface area contributed by atoms with Crippen molar-refractivity contribution in [3.63, 3.8) is 0 Å². The highest BCUT2D eigenvalue weighted by molar-refractivity contribution is 7.99. The fraction of sp³-hybridized carbons (Fsp3) is 0.750. The summed E-state index contributed by atoms with van der Waals surface area (Å²) in [6, 6.07) is 0.363. The van der Waals surface area contributed by atoms with E-state index in [2.05, 4.69) is 27.2 Å². The van der Waals surface area contributed by atoms with Gasteiger partial charge in [-0.1, -0.05) is 25.6 Å². The Morgan fingerprint density at radius 3 is 2.74 bits per heavy atom. The molecule has 108 valence electrons. The molecule has 0 saturated heterocycles. The first-order valence-electron chi connectivity index (χ1n) is 6.66. The maximum absolute atomic E-state index is 8.78. The monoisotopic (exact) mass is 286 g/mol. The second-order valence-electron chi connectivity index (χ2n) is 3.93. The molecular formula is C12H22N4O2S. The van der Waals surface area contributed by atoms with E-state index in [1.165, 1.54) is 11.8 Å². The second-order valence-corrected chi connectivity index (χ2v) is 4.99. The normalized spacial score (nSPS) is 10.5. The van der Waals surface area contributed by atoms with Crippen molar-refractivity contribution in [3.05, 3.63) is 0 Å². The molecule has 0 fully saturated rings. The summed E-state index contributed by atoms with van der Waals surface area (Å²) in [4.78, 5) is 12.8. The molecule has 1 aromatic rings. The average Bonchev–Trinajstić information content (AvgIpc) is 2.43. The number of hydrogen-bond acceptors (Lipinski definition) is 7. The number of nitrogens with zero attached hydrogens (tertiary/aromatic N) is 3. The van der Waals surface area contributed by atoms with E-state index >= 15 is 0 Å². The number of hydrogen-bond donors (Lipinski definition) is 2. The van der Waals surface area contributed by atoms with E-state index in [9.17, 15) is 0 Å². The van der Waals surface area contributed by atoms with Gasteiger partial charge in [0.1, 0.15) is 0 Å². The lowest BCUT2D eigenvalue weighted by atomic mass is 10.5. The topological polar surface area (TPSA) is 80.2 Å². The fourth-order valence-electron chi connectivity index (χ4n) is 1.20. The molecule has 19 heavy (non-hydrogen) atoms. The van der Waals surface area contributed by atoms with Crippen LogP contribution in [0.4, 0.5) is 5.95 Å². The van der Waals surface area contributed by atoms with Crippen molar-refractivity contribution in [2.24, 2.45) is 0 Å². The Morgan fingerprint density at radius 2 is 2.05 bits per heavy atom. The zero-order valence-corrected chi connectivity index (χ0v) is 12.4. The number of aliphatic hydroxyl groups is 1. The van der Waals surface area contributed by atoms with Gasteiger partial charge in [-0.15, -0.1) is 0 Å². The van der Waals surface area contributed by atoms with E-state index in [0.717, 1.165) is 31.6 Å². The molecule has 0 saturated carbocycles. The van der Waals surface area contributed by atoms with Crippen LogP contribution in [0.1, 0.15) is 33.1 Å². The molecule has 0 aliphatic rings. The highest BCUT2D eigenvalue weighted by Crippen LogP contribution is 2.18. The fourth-order valence-corrected chi connectivity index (χ4v) is 1.95. The first-order valence-corrected chi connectivity index (χ1v) is 7.65. The first kappa shape index (κ1) is 16.0. The van der Waals surface area contributed by atoms with Crippen LogP contribution in [0.3, 0.4) is 0 Å². The molecule has 0 atom stereocenters. The van der Waals surface area contributed by atoms with Crippen LogP contribution < -0.4 is 10.1 Å². The van der Waals surface area contributed by atoms with Crippen LogP contribution in [-0.4, -0.2) is 45.6 Å². The molecule has 0 spiro atoms. The lowest BCUT2D eigenvalue weighted by Gasteiger charge is -2.08. The van der Waals surface area contributed by atoms with Crippen LogP contribution >= 0.6 is 11.8 Å². The maximum Gasteiger partial charge on any atom is 0.322 e. The molecule has 1 aromatic heterocycles. The Labute approximate surface area is 118 Å². The number of anilines is 1. The van der Waals surface area contributed by atoms with Crippen molar-refractivity contribution < 1.29 is 9.84 Å².